The number of sulfonamides is 1. The smallest absolute Gasteiger partial charge is 0.263 e. The summed E-state index contributed by atoms with van der Waals surface area (Å²) in [6.45, 7) is 1.80. The fourth-order valence-electron chi connectivity index (χ4n) is 1.62. The highest BCUT2D eigenvalue weighted by Crippen LogP contribution is 2.21. The van der Waals surface area contributed by atoms with Crippen molar-refractivity contribution in [2.24, 2.45) is 0 Å². The van der Waals surface area contributed by atoms with Gasteiger partial charge in [-0.15, -0.1) is 0 Å². The molecule has 20 heavy (non-hydrogen) atoms. The van der Waals surface area contributed by atoms with Crippen LogP contribution in [0.25, 0.3) is 0 Å². The molecule has 0 saturated carbocycles. The summed E-state index contributed by atoms with van der Waals surface area (Å²) in [5.74, 6) is 0. The maximum atomic E-state index is 12.3. The molecule has 7 heteroatoms. The molecule has 0 radical (unpaired) electrons. The molecular weight excluding hydrogens is 342 g/mol. The van der Waals surface area contributed by atoms with Gasteiger partial charge in [-0.25, -0.2) is 13.4 Å². The molecular formula is C13H10BrN3O2S. The molecule has 0 aliphatic carbocycles. The van der Waals surface area contributed by atoms with Gasteiger partial charge in [-0.2, -0.15) is 5.26 Å². The first-order chi connectivity index (χ1) is 9.44. The van der Waals surface area contributed by atoms with Gasteiger partial charge in [0.25, 0.3) is 10.0 Å². The van der Waals surface area contributed by atoms with E-state index in [2.05, 4.69) is 25.6 Å². The Kier molecular flexibility index (Phi) is 4.06. The quantitative estimate of drug-likeness (QED) is 0.861. The first kappa shape index (κ1) is 14.5. The summed E-state index contributed by atoms with van der Waals surface area (Å²) in [6.07, 6.45) is 1.41. The minimum absolute atomic E-state index is 0.0527. The van der Waals surface area contributed by atoms with Gasteiger partial charge in [0.05, 0.1) is 17.4 Å². The fourth-order valence-corrected chi connectivity index (χ4v) is 3.03. The number of rotatable bonds is 3. The average molecular weight is 352 g/mol. The van der Waals surface area contributed by atoms with E-state index in [1.54, 1.807) is 25.1 Å². The van der Waals surface area contributed by atoms with Gasteiger partial charge in [-0.05, 0) is 46.6 Å². The summed E-state index contributed by atoms with van der Waals surface area (Å²) in [6, 6.07) is 9.55. The molecule has 0 aliphatic rings. The third kappa shape index (κ3) is 2.98. The second kappa shape index (κ2) is 5.61. The Hall–Kier alpha value is -1.91. The van der Waals surface area contributed by atoms with E-state index in [9.17, 15) is 8.42 Å². The van der Waals surface area contributed by atoms with Crippen molar-refractivity contribution in [3.05, 3.63) is 52.3 Å². The second-order valence-corrected chi connectivity index (χ2v) is 6.45. The summed E-state index contributed by atoms with van der Waals surface area (Å²) < 4.78 is 27.6. The zero-order valence-electron chi connectivity index (χ0n) is 10.5. The van der Waals surface area contributed by atoms with Crippen LogP contribution in [0.2, 0.25) is 0 Å². The van der Waals surface area contributed by atoms with Gasteiger partial charge in [0.1, 0.15) is 15.6 Å². The Morgan fingerprint density at radius 1 is 1.35 bits per heavy atom. The van der Waals surface area contributed by atoms with E-state index < -0.39 is 10.0 Å². The van der Waals surface area contributed by atoms with Crippen molar-refractivity contribution in [3.63, 3.8) is 0 Å². The maximum Gasteiger partial charge on any atom is 0.263 e. The lowest BCUT2D eigenvalue weighted by atomic mass is 10.2. The molecule has 2 aromatic rings. The van der Waals surface area contributed by atoms with Gasteiger partial charge in [-0.1, -0.05) is 12.1 Å². The highest BCUT2D eigenvalue weighted by atomic mass is 79.9. The number of anilines is 1. The average Bonchev–Trinajstić information content (AvgIpc) is 2.42. The van der Waals surface area contributed by atoms with Gasteiger partial charge in [-0.3, -0.25) is 4.72 Å². The first-order valence-electron chi connectivity index (χ1n) is 5.58. The first-order valence-corrected chi connectivity index (χ1v) is 7.86. The molecule has 0 unspecified atom stereocenters. The van der Waals surface area contributed by atoms with Crippen LogP contribution in [0.3, 0.4) is 0 Å². The summed E-state index contributed by atoms with van der Waals surface area (Å²) in [5, 5.41) is 8.97. The third-order valence-electron chi connectivity index (χ3n) is 2.56. The third-order valence-corrected chi connectivity index (χ3v) is 4.83. The fraction of sp³-hybridized carbons (Fsp3) is 0.0769. The predicted molar refractivity (Wildman–Crippen MR) is 78.6 cm³/mol. The molecule has 0 bridgehead atoms. The van der Waals surface area contributed by atoms with Crippen molar-refractivity contribution >= 4 is 31.6 Å². The number of pyridine rings is 1. The van der Waals surface area contributed by atoms with Crippen LogP contribution < -0.4 is 4.72 Å². The molecule has 0 saturated heterocycles. The highest BCUT2D eigenvalue weighted by molar-refractivity contribution is 9.10. The van der Waals surface area contributed by atoms with Crippen LogP contribution in [0, 0.1) is 18.3 Å². The van der Waals surface area contributed by atoms with E-state index >= 15 is 0 Å². The molecule has 102 valence electrons. The van der Waals surface area contributed by atoms with Gasteiger partial charge in [0.2, 0.25) is 0 Å². The van der Waals surface area contributed by atoms with Crippen LogP contribution in [0.4, 0.5) is 5.69 Å². The number of benzene rings is 1. The summed E-state index contributed by atoms with van der Waals surface area (Å²) in [4.78, 5) is 3.97. The lowest BCUT2D eigenvalue weighted by Crippen LogP contribution is -2.14. The van der Waals surface area contributed by atoms with E-state index in [4.69, 9.17) is 5.26 Å². The number of hydrogen-bond acceptors (Lipinski definition) is 4. The Bertz CT molecular complexity index is 798. The second-order valence-electron chi connectivity index (χ2n) is 4.05. The number of nitrogens with zero attached hydrogens (tertiary/aromatic N) is 2. The standard InChI is InChI=1S/C13H10BrN3O2S/c1-9-6-11(8-16-13(9)14)17-20(18,19)12-5-3-2-4-10(12)7-15/h2-6,8,17H,1H3. The van der Waals surface area contributed by atoms with Crippen molar-refractivity contribution in [2.75, 3.05) is 4.72 Å². The lowest BCUT2D eigenvalue weighted by molar-refractivity contribution is 0.601. The van der Waals surface area contributed by atoms with Crippen molar-refractivity contribution in [1.82, 2.24) is 4.98 Å². The SMILES string of the molecule is Cc1cc(NS(=O)(=O)c2ccccc2C#N)cnc1Br. The van der Waals surface area contributed by atoms with Gasteiger partial charge < -0.3 is 0 Å². The van der Waals surface area contributed by atoms with Gasteiger partial charge in [0, 0.05) is 0 Å². The monoisotopic (exact) mass is 351 g/mol. The largest absolute Gasteiger partial charge is 0.278 e. The topological polar surface area (TPSA) is 82.9 Å². The molecule has 1 heterocycles. The molecule has 0 amide bonds. The molecule has 5 nitrogen and oxygen atoms in total. The lowest BCUT2D eigenvalue weighted by Gasteiger charge is -2.09. The normalized spacial score (nSPS) is 10.8. The Morgan fingerprint density at radius 2 is 2.05 bits per heavy atom. The van der Waals surface area contributed by atoms with E-state index in [0.717, 1.165) is 5.56 Å². The van der Waals surface area contributed by atoms with Crippen LogP contribution in [-0.4, -0.2) is 13.4 Å². The molecule has 1 N–H and O–H groups in total. The van der Waals surface area contributed by atoms with E-state index in [1.165, 1.54) is 18.3 Å². The number of halogens is 1. The van der Waals surface area contributed by atoms with E-state index in [-0.39, 0.29) is 10.5 Å². The van der Waals surface area contributed by atoms with Crippen LogP contribution >= 0.6 is 15.9 Å². The molecule has 0 aliphatic heterocycles. The van der Waals surface area contributed by atoms with Crippen molar-refractivity contribution < 1.29 is 8.42 Å². The number of hydrogen-bond donors (Lipinski definition) is 1. The van der Waals surface area contributed by atoms with E-state index in [0.29, 0.717) is 10.3 Å². The number of nitrogens with one attached hydrogen (secondary N) is 1. The van der Waals surface area contributed by atoms with Gasteiger partial charge >= 0.3 is 0 Å². The van der Waals surface area contributed by atoms with Crippen LogP contribution in [-0.2, 0) is 10.0 Å². The minimum atomic E-state index is -3.81. The molecule has 1 aromatic heterocycles. The predicted octanol–water partition coefficient (Wildman–Crippen LogP) is 2.83. The maximum absolute atomic E-state index is 12.3. The van der Waals surface area contributed by atoms with Crippen LogP contribution in [0.5, 0.6) is 0 Å². The molecule has 1 aromatic carbocycles. The Labute approximate surface area is 125 Å². The molecule has 0 fully saturated rings. The Morgan fingerprint density at radius 3 is 2.70 bits per heavy atom. The number of aromatic nitrogens is 1. The molecule has 0 spiro atoms. The summed E-state index contributed by atoms with van der Waals surface area (Å²) in [7, 11) is -3.81. The molecule has 2 rings (SSSR count). The minimum Gasteiger partial charge on any atom is -0.278 e. The van der Waals surface area contributed by atoms with Crippen molar-refractivity contribution in [2.45, 2.75) is 11.8 Å². The van der Waals surface area contributed by atoms with Crippen molar-refractivity contribution in [1.29, 1.82) is 5.26 Å². The zero-order chi connectivity index (χ0) is 14.8. The van der Waals surface area contributed by atoms with Gasteiger partial charge in [0.15, 0.2) is 0 Å². The summed E-state index contributed by atoms with van der Waals surface area (Å²) >= 11 is 3.25. The number of nitriles is 1. The van der Waals surface area contributed by atoms with Crippen LogP contribution in [0.15, 0.2) is 46.0 Å². The highest BCUT2D eigenvalue weighted by Gasteiger charge is 2.18. The zero-order valence-corrected chi connectivity index (χ0v) is 12.9. The Balaban J connectivity index is 2.41. The van der Waals surface area contributed by atoms with E-state index in [1.807, 2.05) is 6.07 Å². The number of aryl methyl sites for hydroxylation is 1. The van der Waals surface area contributed by atoms with Crippen molar-refractivity contribution in [3.8, 4) is 6.07 Å². The summed E-state index contributed by atoms with van der Waals surface area (Å²) in [5.41, 5.74) is 1.25. The molecule has 0 atom stereocenters. The van der Waals surface area contributed by atoms with Crippen LogP contribution in [0.1, 0.15) is 11.1 Å².